The van der Waals surface area contributed by atoms with E-state index in [1.54, 1.807) is 6.92 Å². The van der Waals surface area contributed by atoms with Gasteiger partial charge < -0.3 is 5.73 Å². The third-order valence-electron chi connectivity index (χ3n) is 0.954. The van der Waals surface area contributed by atoms with E-state index in [2.05, 4.69) is 15.5 Å². The number of allylic oxidation sites excluding steroid dienone is 1. The second kappa shape index (κ2) is 4.32. The van der Waals surface area contributed by atoms with E-state index in [1.165, 1.54) is 13.0 Å². The highest BCUT2D eigenvalue weighted by Gasteiger charge is 2.07. The lowest BCUT2D eigenvalue weighted by Gasteiger charge is -1.98. The average molecular weight is 159 g/mol. The largest absolute Gasteiger partial charge is 0.447 e. The Morgan fingerprint density at radius 2 is 1.91 bits per heavy atom. The zero-order valence-corrected chi connectivity index (χ0v) is 6.29. The molecule has 0 aliphatic carbocycles. The summed E-state index contributed by atoms with van der Waals surface area (Å²) in [7, 11) is 0. The van der Waals surface area contributed by atoms with Crippen molar-refractivity contribution in [2.24, 2.45) is 5.73 Å². The summed E-state index contributed by atoms with van der Waals surface area (Å²) in [6.07, 6.45) is 0.370. The first-order valence-electron chi connectivity index (χ1n) is 2.89. The van der Waals surface area contributed by atoms with Gasteiger partial charge in [0, 0.05) is 5.57 Å². The average Bonchev–Trinajstić information content (AvgIpc) is 1.98. The molecule has 2 N–H and O–H groups in total. The van der Waals surface area contributed by atoms with Gasteiger partial charge in [-0.1, -0.05) is 6.08 Å². The van der Waals surface area contributed by atoms with Crippen LogP contribution in [0.5, 0.6) is 0 Å². The Labute approximate surface area is 63.7 Å². The maximum absolute atomic E-state index is 10.7. The monoisotopic (exact) mass is 159 g/mol. The molecule has 11 heavy (non-hydrogen) atoms. The Hall–Kier alpha value is -1.52. The first-order valence-corrected chi connectivity index (χ1v) is 2.89. The number of carbonyl (C=O) groups is 2. The summed E-state index contributed by atoms with van der Waals surface area (Å²) in [6, 6.07) is 0. The van der Waals surface area contributed by atoms with Crippen molar-refractivity contribution in [2.75, 3.05) is 0 Å². The van der Waals surface area contributed by atoms with Crippen molar-refractivity contribution in [1.29, 1.82) is 0 Å². The molecular weight excluding hydrogens is 150 g/mol. The molecule has 5 nitrogen and oxygen atoms in total. The quantitative estimate of drug-likeness (QED) is 0.343. The van der Waals surface area contributed by atoms with Crippen molar-refractivity contribution >= 4 is 12.1 Å². The SMILES string of the molecule is CC=C(C)C(=O)OOC(N)=O. The van der Waals surface area contributed by atoms with Gasteiger partial charge in [-0.05, 0) is 13.8 Å². The van der Waals surface area contributed by atoms with Gasteiger partial charge in [0.25, 0.3) is 0 Å². The maximum Gasteiger partial charge on any atom is 0.447 e. The Bertz CT molecular complexity index is 197. The van der Waals surface area contributed by atoms with E-state index in [9.17, 15) is 9.59 Å². The molecule has 0 saturated heterocycles. The molecule has 5 heteroatoms. The molecule has 0 spiro atoms. The zero-order chi connectivity index (χ0) is 8.85. The lowest BCUT2D eigenvalue weighted by Crippen LogP contribution is -2.17. The molecule has 0 atom stereocenters. The fourth-order valence-electron chi connectivity index (χ4n) is 0.262. The van der Waals surface area contributed by atoms with Crippen LogP contribution in [0.3, 0.4) is 0 Å². The standard InChI is InChI=1S/C6H9NO4/c1-3-4(2)5(8)10-11-6(7)9/h3H,1-2H3,(H2,7,9). The van der Waals surface area contributed by atoms with Gasteiger partial charge in [0.2, 0.25) is 0 Å². The zero-order valence-electron chi connectivity index (χ0n) is 6.29. The summed E-state index contributed by atoms with van der Waals surface area (Å²) >= 11 is 0. The van der Waals surface area contributed by atoms with E-state index in [1.807, 2.05) is 0 Å². The third-order valence-corrected chi connectivity index (χ3v) is 0.954. The minimum Gasteiger partial charge on any atom is -0.332 e. The lowest BCUT2D eigenvalue weighted by atomic mass is 10.3. The van der Waals surface area contributed by atoms with Crippen molar-refractivity contribution in [3.05, 3.63) is 11.6 Å². The molecule has 0 aromatic heterocycles. The minimum atomic E-state index is -1.15. The molecule has 0 saturated carbocycles. The molecule has 0 unspecified atom stereocenters. The van der Waals surface area contributed by atoms with Gasteiger partial charge in [-0.2, -0.15) is 0 Å². The van der Waals surface area contributed by atoms with Crippen LogP contribution in [0.15, 0.2) is 11.6 Å². The first-order chi connectivity index (χ1) is 5.07. The fourth-order valence-corrected chi connectivity index (χ4v) is 0.262. The molecule has 0 aromatic rings. The summed E-state index contributed by atoms with van der Waals surface area (Å²) in [6.45, 7) is 3.17. The van der Waals surface area contributed by atoms with Gasteiger partial charge in [0.1, 0.15) is 0 Å². The molecular formula is C6H9NO4. The Morgan fingerprint density at radius 1 is 1.36 bits per heavy atom. The smallest absolute Gasteiger partial charge is 0.332 e. The van der Waals surface area contributed by atoms with Gasteiger partial charge in [0.05, 0.1) is 0 Å². The van der Waals surface area contributed by atoms with Crippen LogP contribution in [-0.4, -0.2) is 12.1 Å². The Kier molecular flexibility index (Phi) is 3.72. The Morgan fingerprint density at radius 3 is 2.27 bits per heavy atom. The van der Waals surface area contributed by atoms with Gasteiger partial charge in [-0.3, -0.25) is 0 Å². The molecule has 0 aliphatic heterocycles. The molecule has 0 heterocycles. The van der Waals surface area contributed by atoms with E-state index in [0.29, 0.717) is 5.57 Å². The highest BCUT2D eigenvalue weighted by molar-refractivity contribution is 5.87. The number of primary amides is 1. The fraction of sp³-hybridized carbons (Fsp3) is 0.333. The predicted octanol–water partition coefficient (Wildman–Crippen LogP) is 0.506. The normalized spacial score (nSPS) is 10.5. The van der Waals surface area contributed by atoms with Crippen LogP contribution in [0.25, 0.3) is 0 Å². The summed E-state index contributed by atoms with van der Waals surface area (Å²) in [4.78, 5) is 28.3. The van der Waals surface area contributed by atoms with E-state index in [4.69, 9.17) is 0 Å². The van der Waals surface area contributed by atoms with Crippen LogP contribution in [0.4, 0.5) is 4.79 Å². The number of nitrogens with two attached hydrogens (primary N) is 1. The highest BCUT2D eigenvalue weighted by Crippen LogP contribution is 1.95. The number of hydrogen-bond acceptors (Lipinski definition) is 4. The number of rotatable bonds is 1. The molecule has 0 bridgehead atoms. The minimum absolute atomic E-state index is 0.339. The van der Waals surface area contributed by atoms with Crippen molar-refractivity contribution in [3.8, 4) is 0 Å². The van der Waals surface area contributed by atoms with Gasteiger partial charge in [-0.25, -0.2) is 19.4 Å². The van der Waals surface area contributed by atoms with Gasteiger partial charge in [0.15, 0.2) is 0 Å². The van der Waals surface area contributed by atoms with Crippen molar-refractivity contribution in [3.63, 3.8) is 0 Å². The summed E-state index contributed by atoms with van der Waals surface area (Å²) in [5.74, 6) is -0.730. The second-order valence-electron chi connectivity index (χ2n) is 1.74. The highest BCUT2D eigenvalue weighted by atomic mass is 17.2. The number of hydrogen-bond donors (Lipinski definition) is 1. The van der Waals surface area contributed by atoms with Crippen LogP contribution in [0.1, 0.15) is 13.8 Å². The molecule has 0 aromatic carbocycles. The van der Waals surface area contributed by atoms with Crippen LogP contribution < -0.4 is 5.73 Å². The van der Waals surface area contributed by atoms with Crippen LogP contribution in [0, 0.1) is 0 Å². The van der Waals surface area contributed by atoms with E-state index in [-0.39, 0.29) is 0 Å². The van der Waals surface area contributed by atoms with Crippen molar-refractivity contribution in [1.82, 2.24) is 0 Å². The second-order valence-corrected chi connectivity index (χ2v) is 1.74. The number of carbonyl (C=O) groups excluding carboxylic acids is 2. The van der Waals surface area contributed by atoms with Gasteiger partial charge >= 0.3 is 12.1 Å². The third kappa shape index (κ3) is 3.96. The summed E-state index contributed by atoms with van der Waals surface area (Å²) in [5.41, 5.74) is 4.86. The van der Waals surface area contributed by atoms with Crippen LogP contribution in [-0.2, 0) is 14.6 Å². The topological polar surface area (TPSA) is 78.6 Å². The first kappa shape index (κ1) is 9.48. The van der Waals surface area contributed by atoms with Crippen LogP contribution in [0.2, 0.25) is 0 Å². The van der Waals surface area contributed by atoms with E-state index in [0.717, 1.165) is 0 Å². The summed E-state index contributed by atoms with van der Waals surface area (Å²) in [5, 5.41) is 0. The molecule has 62 valence electrons. The predicted molar refractivity (Wildman–Crippen MR) is 36.2 cm³/mol. The summed E-state index contributed by atoms with van der Waals surface area (Å²) < 4.78 is 0. The molecule has 0 aliphatic rings. The Balaban J connectivity index is 3.80. The van der Waals surface area contributed by atoms with Crippen LogP contribution >= 0.6 is 0 Å². The van der Waals surface area contributed by atoms with Gasteiger partial charge in [-0.15, -0.1) is 0 Å². The molecule has 0 rings (SSSR count). The maximum atomic E-state index is 10.7. The lowest BCUT2D eigenvalue weighted by molar-refractivity contribution is -0.225. The van der Waals surface area contributed by atoms with E-state index < -0.39 is 12.1 Å². The van der Waals surface area contributed by atoms with Crippen molar-refractivity contribution < 1.29 is 19.4 Å². The number of amides is 1. The molecule has 0 radical (unpaired) electrons. The van der Waals surface area contributed by atoms with E-state index >= 15 is 0 Å². The molecule has 0 fully saturated rings. The molecule has 1 amide bonds. The van der Waals surface area contributed by atoms with Crippen molar-refractivity contribution in [2.45, 2.75) is 13.8 Å².